The van der Waals surface area contributed by atoms with Gasteiger partial charge in [0.1, 0.15) is 0 Å². The van der Waals surface area contributed by atoms with Gasteiger partial charge in [0.15, 0.2) is 0 Å². The summed E-state index contributed by atoms with van der Waals surface area (Å²) < 4.78 is 5.48. The van der Waals surface area contributed by atoms with Crippen molar-refractivity contribution in [3.63, 3.8) is 0 Å². The van der Waals surface area contributed by atoms with E-state index in [2.05, 4.69) is 16.7 Å². The summed E-state index contributed by atoms with van der Waals surface area (Å²) in [5, 5.41) is 0. The van der Waals surface area contributed by atoms with Crippen LogP contribution in [0.4, 0.5) is 0 Å². The molecule has 2 saturated heterocycles. The van der Waals surface area contributed by atoms with Gasteiger partial charge < -0.3 is 4.74 Å². The first-order chi connectivity index (χ1) is 8.31. The molecule has 0 amide bonds. The zero-order valence-electron chi connectivity index (χ0n) is 10.9. The van der Waals surface area contributed by atoms with E-state index in [4.69, 9.17) is 16.3 Å². The highest BCUT2D eigenvalue weighted by molar-refractivity contribution is 6.17. The van der Waals surface area contributed by atoms with Crippen molar-refractivity contribution in [2.45, 2.75) is 38.3 Å². The number of alkyl halides is 1. The van der Waals surface area contributed by atoms with Crippen LogP contribution >= 0.6 is 11.6 Å². The summed E-state index contributed by atoms with van der Waals surface area (Å²) >= 11 is 5.60. The summed E-state index contributed by atoms with van der Waals surface area (Å²) in [6, 6.07) is 1.47. The van der Waals surface area contributed by atoms with Crippen molar-refractivity contribution < 1.29 is 4.74 Å². The maximum Gasteiger partial charge on any atom is 0.0602 e. The van der Waals surface area contributed by atoms with E-state index in [9.17, 15) is 0 Å². The normalized spacial score (nSPS) is 31.4. The van der Waals surface area contributed by atoms with E-state index in [1.54, 1.807) is 0 Å². The highest BCUT2D eigenvalue weighted by Gasteiger charge is 2.32. The molecule has 0 radical (unpaired) electrons. The van der Waals surface area contributed by atoms with Crippen LogP contribution in [-0.4, -0.2) is 67.2 Å². The monoisotopic (exact) mass is 260 g/mol. The third-order valence-electron chi connectivity index (χ3n) is 4.06. The predicted molar refractivity (Wildman–Crippen MR) is 71.8 cm³/mol. The Bertz CT molecular complexity index is 227. The zero-order chi connectivity index (χ0) is 12.1. The van der Waals surface area contributed by atoms with Crippen molar-refractivity contribution in [3.8, 4) is 0 Å². The maximum atomic E-state index is 5.60. The van der Waals surface area contributed by atoms with Gasteiger partial charge in [-0.25, -0.2) is 0 Å². The van der Waals surface area contributed by atoms with Crippen molar-refractivity contribution in [2.24, 2.45) is 0 Å². The van der Waals surface area contributed by atoms with Gasteiger partial charge in [-0.3, -0.25) is 9.80 Å². The van der Waals surface area contributed by atoms with Gasteiger partial charge in [-0.2, -0.15) is 0 Å². The third kappa shape index (κ3) is 3.82. The molecule has 2 rings (SSSR count). The first kappa shape index (κ1) is 13.6. The number of piperidine rings is 1. The highest BCUT2D eigenvalue weighted by Crippen LogP contribution is 2.23. The smallest absolute Gasteiger partial charge is 0.0602 e. The minimum atomic E-state index is 0.603. The van der Waals surface area contributed by atoms with Crippen LogP contribution in [0.25, 0.3) is 0 Å². The Morgan fingerprint density at radius 1 is 1.24 bits per heavy atom. The van der Waals surface area contributed by atoms with E-state index in [0.29, 0.717) is 18.5 Å². The molecule has 100 valence electrons. The molecule has 0 N–H and O–H groups in total. The van der Waals surface area contributed by atoms with Gasteiger partial charge in [-0.05, 0) is 26.3 Å². The molecule has 3 nitrogen and oxygen atoms in total. The van der Waals surface area contributed by atoms with Crippen LogP contribution < -0.4 is 0 Å². The molecule has 17 heavy (non-hydrogen) atoms. The fraction of sp³-hybridized carbons (Fsp3) is 1.00. The molecule has 2 heterocycles. The second-order valence-corrected chi connectivity index (χ2v) is 5.67. The molecule has 2 fully saturated rings. The van der Waals surface area contributed by atoms with Gasteiger partial charge in [0.05, 0.1) is 13.2 Å². The van der Waals surface area contributed by atoms with Gasteiger partial charge in [-0.1, -0.05) is 6.42 Å². The molecule has 2 aliphatic rings. The summed E-state index contributed by atoms with van der Waals surface area (Å²) in [5.74, 6) is 0.603. The Hall–Kier alpha value is 0.170. The largest absolute Gasteiger partial charge is 0.379 e. The number of hydrogen-bond donors (Lipinski definition) is 0. The summed E-state index contributed by atoms with van der Waals surface area (Å²) in [7, 11) is 0. The van der Waals surface area contributed by atoms with E-state index < -0.39 is 0 Å². The van der Waals surface area contributed by atoms with Crippen molar-refractivity contribution in [1.29, 1.82) is 0 Å². The number of fused-ring (bicyclic) bond motifs is 1. The molecule has 2 unspecified atom stereocenters. The fourth-order valence-electron chi connectivity index (χ4n) is 3.06. The molecule has 2 aliphatic heterocycles. The van der Waals surface area contributed by atoms with E-state index in [1.807, 2.05) is 0 Å². The minimum Gasteiger partial charge on any atom is -0.379 e. The summed E-state index contributed by atoms with van der Waals surface area (Å²) in [6.45, 7) is 8.68. The Labute approximate surface area is 110 Å². The molecular formula is C13H25ClN2O. The van der Waals surface area contributed by atoms with Crippen LogP contribution in [0.5, 0.6) is 0 Å². The van der Waals surface area contributed by atoms with Crippen molar-refractivity contribution in [3.05, 3.63) is 0 Å². The first-order valence-electron chi connectivity index (χ1n) is 6.93. The Kier molecular flexibility index (Phi) is 5.54. The second kappa shape index (κ2) is 6.93. The second-order valence-electron chi connectivity index (χ2n) is 5.29. The van der Waals surface area contributed by atoms with Gasteiger partial charge in [-0.15, -0.1) is 11.6 Å². The van der Waals surface area contributed by atoms with Crippen LogP contribution in [0.2, 0.25) is 0 Å². The number of hydrogen-bond acceptors (Lipinski definition) is 3. The lowest BCUT2D eigenvalue weighted by atomic mass is 9.97. The summed E-state index contributed by atoms with van der Waals surface area (Å²) in [6.07, 6.45) is 4.18. The van der Waals surface area contributed by atoms with Crippen molar-refractivity contribution in [1.82, 2.24) is 9.80 Å². The SMILES string of the molecule is CC1CN2CCCCC2CN1CCOCCCl. The predicted octanol–water partition coefficient (Wildman–Crippen LogP) is 1.80. The van der Waals surface area contributed by atoms with Crippen LogP contribution in [-0.2, 0) is 4.74 Å². The highest BCUT2D eigenvalue weighted by atomic mass is 35.5. The Morgan fingerprint density at radius 3 is 2.94 bits per heavy atom. The topological polar surface area (TPSA) is 15.7 Å². The van der Waals surface area contributed by atoms with Crippen LogP contribution in [0, 0.1) is 0 Å². The van der Waals surface area contributed by atoms with Crippen LogP contribution in [0.15, 0.2) is 0 Å². The zero-order valence-corrected chi connectivity index (χ0v) is 11.7. The average Bonchev–Trinajstić information content (AvgIpc) is 2.35. The van der Waals surface area contributed by atoms with Gasteiger partial charge in [0.25, 0.3) is 0 Å². The molecule has 0 bridgehead atoms. The van der Waals surface area contributed by atoms with E-state index in [0.717, 1.165) is 19.2 Å². The van der Waals surface area contributed by atoms with Crippen molar-refractivity contribution >= 4 is 11.6 Å². The van der Waals surface area contributed by atoms with E-state index >= 15 is 0 Å². The van der Waals surface area contributed by atoms with Crippen LogP contribution in [0.3, 0.4) is 0 Å². The first-order valence-corrected chi connectivity index (χ1v) is 7.46. The average molecular weight is 261 g/mol. The number of nitrogens with zero attached hydrogens (tertiary/aromatic N) is 2. The number of piperazine rings is 1. The van der Waals surface area contributed by atoms with Gasteiger partial charge in [0, 0.05) is 37.6 Å². The molecule has 0 saturated carbocycles. The van der Waals surface area contributed by atoms with Crippen LogP contribution in [0.1, 0.15) is 26.2 Å². The Balaban J connectivity index is 1.74. The summed E-state index contributed by atoms with van der Waals surface area (Å²) in [5.41, 5.74) is 0. The molecule has 0 aliphatic carbocycles. The molecule has 4 heteroatoms. The molecule has 2 atom stereocenters. The molecule has 0 aromatic rings. The lowest BCUT2D eigenvalue weighted by Gasteiger charge is -2.47. The van der Waals surface area contributed by atoms with Gasteiger partial charge in [0.2, 0.25) is 0 Å². The van der Waals surface area contributed by atoms with E-state index in [-0.39, 0.29) is 0 Å². The lowest BCUT2D eigenvalue weighted by Crippen LogP contribution is -2.59. The molecule has 0 aromatic heterocycles. The lowest BCUT2D eigenvalue weighted by molar-refractivity contribution is 0.000683. The summed E-state index contributed by atoms with van der Waals surface area (Å²) in [4.78, 5) is 5.27. The third-order valence-corrected chi connectivity index (χ3v) is 4.22. The standard InChI is InChI=1S/C13H25ClN2O/c1-12-10-16-6-3-2-4-13(16)11-15(12)7-9-17-8-5-14/h12-13H,2-11H2,1H3. The van der Waals surface area contributed by atoms with E-state index in [1.165, 1.54) is 38.9 Å². The van der Waals surface area contributed by atoms with Gasteiger partial charge >= 0.3 is 0 Å². The Morgan fingerprint density at radius 2 is 2.12 bits per heavy atom. The molecular weight excluding hydrogens is 236 g/mol. The molecule has 0 spiro atoms. The fourth-order valence-corrected chi connectivity index (χ4v) is 3.17. The number of halogens is 1. The minimum absolute atomic E-state index is 0.603. The maximum absolute atomic E-state index is 5.60. The number of ether oxygens (including phenoxy) is 1. The van der Waals surface area contributed by atoms with Crippen molar-refractivity contribution in [2.75, 3.05) is 45.3 Å². The number of rotatable bonds is 5. The quantitative estimate of drug-likeness (QED) is 0.554. The molecule has 0 aromatic carbocycles.